The van der Waals surface area contributed by atoms with Gasteiger partial charge >= 0.3 is 6.09 Å². The lowest BCUT2D eigenvalue weighted by Crippen LogP contribution is -2.22. The highest BCUT2D eigenvalue weighted by molar-refractivity contribution is 5.69. The van der Waals surface area contributed by atoms with E-state index in [0.29, 0.717) is 26.3 Å². The second-order valence-corrected chi connectivity index (χ2v) is 2.27. The minimum Gasteiger partial charge on any atom is -0.442 e. The molecule has 1 fully saturated rings. The van der Waals surface area contributed by atoms with Crippen molar-refractivity contribution in [2.45, 2.75) is 6.10 Å². The van der Waals surface area contributed by atoms with Gasteiger partial charge in [-0.25, -0.2) is 4.79 Å². The Hall–Kier alpha value is -0.810. The molecule has 1 aliphatic rings. The van der Waals surface area contributed by atoms with Crippen molar-refractivity contribution in [1.29, 1.82) is 0 Å². The second-order valence-electron chi connectivity index (χ2n) is 2.27. The zero-order chi connectivity index (χ0) is 8.10. The fraction of sp³-hybridized carbons (Fsp3) is 0.833. The Bertz CT molecular complexity index is 140. The maximum absolute atomic E-state index is 10.5. The van der Waals surface area contributed by atoms with Crippen LogP contribution in [0.2, 0.25) is 0 Å². The molecule has 5 heteroatoms. The van der Waals surface area contributed by atoms with Gasteiger partial charge in [-0.1, -0.05) is 0 Å². The molecule has 0 aliphatic carbocycles. The third kappa shape index (κ3) is 2.73. The van der Waals surface area contributed by atoms with E-state index in [1.54, 1.807) is 0 Å². The molecule has 3 N–H and O–H groups in total. The molecular formula is C6H12N2O3. The van der Waals surface area contributed by atoms with E-state index >= 15 is 0 Å². The predicted octanol–water partition coefficient (Wildman–Crippen LogP) is -0.930. The Kier molecular flexibility index (Phi) is 3.13. The van der Waals surface area contributed by atoms with Gasteiger partial charge in [-0.2, -0.15) is 0 Å². The monoisotopic (exact) mass is 160 g/mol. The molecule has 11 heavy (non-hydrogen) atoms. The fourth-order valence-corrected chi connectivity index (χ4v) is 0.823. The average Bonchev–Trinajstić information content (AvgIpc) is 2.37. The van der Waals surface area contributed by atoms with Crippen LogP contribution < -0.4 is 11.1 Å². The number of rotatable bonds is 4. The summed E-state index contributed by atoms with van der Waals surface area (Å²) in [7, 11) is 0. The summed E-state index contributed by atoms with van der Waals surface area (Å²) in [5, 5.41) is 2.52. The molecule has 1 rings (SSSR count). The van der Waals surface area contributed by atoms with Crippen molar-refractivity contribution in [3.05, 3.63) is 0 Å². The fourth-order valence-electron chi connectivity index (χ4n) is 0.823. The van der Waals surface area contributed by atoms with Crippen molar-refractivity contribution < 1.29 is 14.3 Å². The van der Waals surface area contributed by atoms with Crippen molar-refractivity contribution in [2.75, 3.05) is 26.3 Å². The maximum Gasteiger partial charge on any atom is 0.407 e. The highest BCUT2D eigenvalue weighted by atomic mass is 16.6. The van der Waals surface area contributed by atoms with E-state index in [2.05, 4.69) is 5.32 Å². The maximum atomic E-state index is 10.5. The zero-order valence-electron chi connectivity index (χ0n) is 6.21. The van der Waals surface area contributed by atoms with E-state index in [1.807, 2.05) is 0 Å². The molecule has 64 valence electrons. The van der Waals surface area contributed by atoms with Crippen LogP contribution in [-0.2, 0) is 9.47 Å². The number of hydrogen-bond acceptors (Lipinski definition) is 4. The van der Waals surface area contributed by atoms with Crippen molar-refractivity contribution in [3.63, 3.8) is 0 Å². The van der Waals surface area contributed by atoms with Gasteiger partial charge in [0, 0.05) is 6.54 Å². The lowest BCUT2D eigenvalue weighted by molar-refractivity contribution is 0.0493. The van der Waals surface area contributed by atoms with Crippen LogP contribution >= 0.6 is 0 Å². The Morgan fingerprint density at radius 3 is 3.18 bits per heavy atom. The van der Waals surface area contributed by atoms with E-state index < -0.39 is 0 Å². The number of amides is 1. The number of hydrogen-bond donors (Lipinski definition) is 2. The number of alkyl carbamates (subject to hydrolysis) is 1. The van der Waals surface area contributed by atoms with Gasteiger partial charge in [0.15, 0.2) is 0 Å². The second kappa shape index (κ2) is 4.15. The summed E-state index contributed by atoms with van der Waals surface area (Å²) in [6.45, 7) is 1.96. The summed E-state index contributed by atoms with van der Waals surface area (Å²) < 4.78 is 9.86. The number of carbonyl (C=O) groups excluding carboxylic acids is 1. The van der Waals surface area contributed by atoms with E-state index in [9.17, 15) is 4.79 Å². The summed E-state index contributed by atoms with van der Waals surface area (Å²) in [4.78, 5) is 10.5. The molecular weight excluding hydrogens is 148 g/mol. The van der Waals surface area contributed by atoms with Crippen molar-refractivity contribution in [2.24, 2.45) is 5.73 Å². The third-order valence-electron chi connectivity index (χ3n) is 1.31. The van der Waals surface area contributed by atoms with E-state index in [0.717, 1.165) is 0 Å². The molecule has 1 aliphatic heterocycles. The average molecular weight is 160 g/mol. The molecule has 1 heterocycles. The van der Waals surface area contributed by atoms with Crippen LogP contribution in [0, 0.1) is 0 Å². The van der Waals surface area contributed by atoms with Crippen LogP contribution in [0.1, 0.15) is 0 Å². The first-order chi connectivity index (χ1) is 5.33. The summed E-state index contributed by atoms with van der Waals surface area (Å²) in [6.07, 6.45) is -0.514. The van der Waals surface area contributed by atoms with Crippen molar-refractivity contribution in [1.82, 2.24) is 5.32 Å². The molecule has 0 aromatic carbocycles. The van der Waals surface area contributed by atoms with Gasteiger partial charge in [-0.3, -0.25) is 0 Å². The standard InChI is InChI=1S/C6H12N2O3/c7-1-2-10-4-5-3-8-6(9)11-5/h5H,1-4,7H2,(H,8,9). The van der Waals surface area contributed by atoms with Gasteiger partial charge in [0.1, 0.15) is 6.10 Å². The van der Waals surface area contributed by atoms with Gasteiger partial charge < -0.3 is 20.5 Å². The summed E-state index contributed by atoms with van der Waals surface area (Å²) in [5.74, 6) is 0. The van der Waals surface area contributed by atoms with E-state index in [-0.39, 0.29) is 12.2 Å². The first-order valence-electron chi connectivity index (χ1n) is 3.55. The molecule has 1 unspecified atom stereocenters. The van der Waals surface area contributed by atoms with Crippen LogP contribution in [0.4, 0.5) is 4.79 Å². The summed E-state index contributed by atoms with van der Waals surface area (Å²) in [6, 6.07) is 0. The largest absolute Gasteiger partial charge is 0.442 e. The first-order valence-corrected chi connectivity index (χ1v) is 3.55. The third-order valence-corrected chi connectivity index (χ3v) is 1.31. The van der Waals surface area contributed by atoms with Gasteiger partial charge in [-0.15, -0.1) is 0 Å². The van der Waals surface area contributed by atoms with Crippen LogP contribution in [0.3, 0.4) is 0 Å². The quantitative estimate of drug-likeness (QED) is 0.521. The van der Waals surface area contributed by atoms with Crippen LogP contribution in [0.5, 0.6) is 0 Å². The molecule has 1 amide bonds. The van der Waals surface area contributed by atoms with E-state index in [1.165, 1.54) is 0 Å². The zero-order valence-corrected chi connectivity index (χ0v) is 6.21. The molecule has 0 spiro atoms. The topological polar surface area (TPSA) is 73.6 Å². The number of ether oxygens (including phenoxy) is 2. The van der Waals surface area contributed by atoms with Gasteiger partial charge in [0.2, 0.25) is 0 Å². The molecule has 0 saturated carbocycles. The molecule has 0 bridgehead atoms. The van der Waals surface area contributed by atoms with Gasteiger partial charge in [0.05, 0.1) is 19.8 Å². The number of carbonyl (C=O) groups is 1. The van der Waals surface area contributed by atoms with E-state index in [4.69, 9.17) is 15.2 Å². The minimum atomic E-state index is -0.369. The van der Waals surface area contributed by atoms with Crippen LogP contribution in [0.15, 0.2) is 0 Å². The lowest BCUT2D eigenvalue weighted by atomic mass is 10.4. The molecule has 1 atom stereocenters. The summed E-state index contributed by atoms with van der Waals surface area (Å²) in [5.41, 5.74) is 5.19. The predicted molar refractivity (Wildman–Crippen MR) is 38.1 cm³/mol. The van der Waals surface area contributed by atoms with Gasteiger partial charge in [-0.05, 0) is 0 Å². The molecule has 0 aromatic rings. The molecule has 5 nitrogen and oxygen atoms in total. The lowest BCUT2D eigenvalue weighted by Gasteiger charge is -2.06. The molecule has 0 aromatic heterocycles. The Morgan fingerprint density at radius 1 is 1.82 bits per heavy atom. The Labute approximate surface area is 64.8 Å². The Morgan fingerprint density at radius 2 is 2.64 bits per heavy atom. The SMILES string of the molecule is NCCOCC1CNC(=O)O1. The summed E-state index contributed by atoms with van der Waals surface area (Å²) >= 11 is 0. The first kappa shape index (κ1) is 8.29. The van der Waals surface area contributed by atoms with Crippen LogP contribution in [-0.4, -0.2) is 38.5 Å². The smallest absolute Gasteiger partial charge is 0.407 e. The number of nitrogens with one attached hydrogen (secondary N) is 1. The highest BCUT2D eigenvalue weighted by Gasteiger charge is 2.21. The molecule has 1 saturated heterocycles. The Balaban J connectivity index is 2.04. The van der Waals surface area contributed by atoms with Gasteiger partial charge in [0.25, 0.3) is 0 Å². The van der Waals surface area contributed by atoms with Crippen molar-refractivity contribution >= 4 is 6.09 Å². The highest BCUT2D eigenvalue weighted by Crippen LogP contribution is 1.99. The number of cyclic esters (lactones) is 1. The van der Waals surface area contributed by atoms with Crippen LogP contribution in [0.25, 0.3) is 0 Å². The van der Waals surface area contributed by atoms with Crippen molar-refractivity contribution in [3.8, 4) is 0 Å². The molecule has 0 radical (unpaired) electrons. The minimum absolute atomic E-state index is 0.144. The normalized spacial score (nSPS) is 23.0. The number of nitrogens with two attached hydrogens (primary N) is 1.